The number of ether oxygens (including phenoxy) is 1. The molecule has 0 radical (unpaired) electrons. The van der Waals surface area contributed by atoms with Crippen molar-refractivity contribution in [3.63, 3.8) is 0 Å². The van der Waals surface area contributed by atoms with Gasteiger partial charge in [0.05, 0.1) is 6.61 Å². The maximum absolute atomic E-state index is 11.9. The van der Waals surface area contributed by atoms with Crippen LogP contribution in [-0.4, -0.2) is 22.5 Å². The lowest BCUT2D eigenvalue weighted by atomic mass is 10.1. The van der Waals surface area contributed by atoms with E-state index in [4.69, 9.17) is 4.74 Å². The number of esters is 1. The SMILES string of the molecule is CCOC(=O)c1nc(-c2nccs2)sc1CC(C)C. The number of carbonyl (C=O) groups is 1. The molecule has 0 aliphatic carbocycles. The summed E-state index contributed by atoms with van der Waals surface area (Å²) in [5.41, 5.74) is 0.450. The molecule has 0 aliphatic heterocycles. The van der Waals surface area contributed by atoms with E-state index in [2.05, 4.69) is 23.8 Å². The third-order valence-corrected chi connectivity index (χ3v) is 4.37. The van der Waals surface area contributed by atoms with E-state index in [9.17, 15) is 4.79 Å². The number of thiazole rings is 2. The Morgan fingerprint density at radius 3 is 2.79 bits per heavy atom. The minimum atomic E-state index is -0.336. The van der Waals surface area contributed by atoms with Crippen LogP contribution in [0.3, 0.4) is 0 Å². The quantitative estimate of drug-likeness (QED) is 0.790. The van der Waals surface area contributed by atoms with Crippen LogP contribution in [-0.2, 0) is 11.2 Å². The fraction of sp³-hybridized carbons (Fsp3) is 0.462. The number of aromatic nitrogens is 2. The van der Waals surface area contributed by atoms with Gasteiger partial charge in [0, 0.05) is 16.5 Å². The molecule has 0 aliphatic rings. The summed E-state index contributed by atoms with van der Waals surface area (Å²) in [6.07, 6.45) is 2.57. The first kappa shape index (κ1) is 14.1. The van der Waals surface area contributed by atoms with Crippen LogP contribution in [0.25, 0.3) is 10.0 Å². The monoisotopic (exact) mass is 296 g/mol. The van der Waals surface area contributed by atoms with Gasteiger partial charge in [0.15, 0.2) is 15.7 Å². The van der Waals surface area contributed by atoms with Crippen molar-refractivity contribution >= 4 is 28.6 Å². The van der Waals surface area contributed by atoms with E-state index < -0.39 is 0 Å². The summed E-state index contributed by atoms with van der Waals surface area (Å²) in [6.45, 7) is 6.41. The van der Waals surface area contributed by atoms with Gasteiger partial charge in [-0.25, -0.2) is 14.8 Å². The van der Waals surface area contributed by atoms with E-state index in [1.165, 1.54) is 22.7 Å². The number of hydrogen-bond donors (Lipinski definition) is 0. The molecule has 2 rings (SSSR count). The summed E-state index contributed by atoms with van der Waals surface area (Å²) < 4.78 is 5.07. The lowest BCUT2D eigenvalue weighted by molar-refractivity contribution is 0.0519. The summed E-state index contributed by atoms with van der Waals surface area (Å²) in [5, 5.41) is 3.56. The fourth-order valence-electron chi connectivity index (χ4n) is 1.64. The largest absolute Gasteiger partial charge is 0.461 e. The summed E-state index contributed by atoms with van der Waals surface area (Å²) in [6, 6.07) is 0. The Kier molecular flexibility index (Phi) is 4.66. The van der Waals surface area contributed by atoms with Gasteiger partial charge in [-0.2, -0.15) is 0 Å². The van der Waals surface area contributed by atoms with Crippen molar-refractivity contribution in [2.24, 2.45) is 5.92 Å². The van der Waals surface area contributed by atoms with Crippen molar-refractivity contribution in [2.75, 3.05) is 6.61 Å². The molecule has 0 spiro atoms. The van der Waals surface area contributed by atoms with Gasteiger partial charge in [-0.3, -0.25) is 0 Å². The maximum Gasteiger partial charge on any atom is 0.358 e. The van der Waals surface area contributed by atoms with Crippen LogP contribution < -0.4 is 0 Å². The zero-order chi connectivity index (χ0) is 13.8. The topological polar surface area (TPSA) is 52.1 Å². The van der Waals surface area contributed by atoms with Gasteiger partial charge in [0.2, 0.25) is 0 Å². The Hall–Kier alpha value is -1.27. The van der Waals surface area contributed by atoms with Gasteiger partial charge in [-0.05, 0) is 19.3 Å². The zero-order valence-corrected chi connectivity index (χ0v) is 12.8. The molecule has 0 bridgehead atoms. The normalized spacial score (nSPS) is 10.9. The Balaban J connectivity index is 2.36. The maximum atomic E-state index is 11.9. The Morgan fingerprint density at radius 2 is 2.21 bits per heavy atom. The summed E-state index contributed by atoms with van der Waals surface area (Å²) in [7, 11) is 0. The van der Waals surface area contributed by atoms with Gasteiger partial charge in [0.25, 0.3) is 0 Å². The van der Waals surface area contributed by atoms with Gasteiger partial charge >= 0.3 is 5.97 Å². The number of carbonyl (C=O) groups excluding carboxylic acids is 1. The summed E-state index contributed by atoms with van der Waals surface area (Å²) >= 11 is 3.06. The molecule has 4 nitrogen and oxygen atoms in total. The third-order valence-electron chi connectivity index (χ3n) is 2.38. The average Bonchev–Trinajstić information content (AvgIpc) is 2.96. The predicted molar refractivity (Wildman–Crippen MR) is 77.7 cm³/mol. The first-order valence-corrected chi connectivity index (χ1v) is 7.88. The van der Waals surface area contributed by atoms with E-state index in [1.54, 1.807) is 13.1 Å². The van der Waals surface area contributed by atoms with E-state index >= 15 is 0 Å². The smallest absolute Gasteiger partial charge is 0.358 e. The van der Waals surface area contributed by atoms with Crippen molar-refractivity contribution in [1.29, 1.82) is 0 Å². The molecule has 102 valence electrons. The molecule has 2 heterocycles. The van der Waals surface area contributed by atoms with Crippen molar-refractivity contribution < 1.29 is 9.53 Å². The predicted octanol–water partition coefficient (Wildman–Crippen LogP) is 3.64. The lowest BCUT2D eigenvalue weighted by Crippen LogP contribution is -2.08. The highest BCUT2D eigenvalue weighted by molar-refractivity contribution is 7.20. The Morgan fingerprint density at radius 1 is 1.42 bits per heavy atom. The molecule has 2 aromatic heterocycles. The van der Waals surface area contributed by atoms with E-state index in [1.807, 2.05) is 5.38 Å². The van der Waals surface area contributed by atoms with Crippen LogP contribution in [0.15, 0.2) is 11.6 Å². The van der Waals surface area contributed by atoms with Crippen molar-refractivity contribution in [3.05, 3.63) is 22.1 Å². The zero-order valence-electron chi connectivity index (χ0n) is 11.2. The van der Waals surface area contributed by atoms with Gasteiger partial charge < -0.3 is 4.74 Å². The van der Waals surface area contributed by atoms with Gasteiger partial charge in [-0.1, -0.05) is 13.8 Å². The molecule has 0 fully saturated rings. The fourth-order valence-corrected chi connectivity index (χ4v) is 3.58. The second kappa shape index (κ2) is 6.25. The molecule has 0 unspecified atom stereocenters. The standard InChI is InChI=1S/C13H16N2O2S2/c1-4-17-13(16)10-9(7-8(2)3)19-12(15-10)11-14-5-6-18-11/h5-6,8H,4,7H2,1-3H3. The highest BCUT2D eigenvalue weighted by Gasteiger charge is 2.21. The third kappa shape index (κ3) is 3.39. The molecule has 19 heavy (non-hydrogen) atoms. The number of nitrogens with zero attached hydrogens (tertiary/aromatic N) is 2. The second-order valence-electron chi connectivity index (χ2n) is 4.45. The molecule has 0 N–H and O–H groups in total. The average molecular weight is 296 g/mol. The molecule has 6 heteroatoms. The molecule has 0 atom stereocenters. The van der Waals surface area contributed by atoms with Crippen LogP contribution in [0.4, 0.5) is 0 Å². The summed E-state index contributed by atoms with van der Waals surface area (Å²) in [5.74, 6) is 0.134. The summed E-state index contributed by atoms with van der Waals surface area (Å²) in [4.78, 5) is 21.6. The molecule has 0 amide bonds. The molecule has 2 aromatic rings. The Labute approximate surface area is 120 Å². The van der Waals surface area contributed by atoms with Crippen molar-refractivity contribution in [3.8, 4) is 10.0 Å². The van der Waals surface area contributed by atoms with Crippen LogP contribution in [0.1, 0.15) is 36.1 Å². The number of hydrogen-bond acceptors (Lipinski definition) is 6. The highest BCUT2D eigenvalue weighted by atomic mass is 32.1. The minimum Gasteiger partial charge on any atom is -0.461 e. The molecular weight excluding hydrogens is 280 g/mol. The first-order chi connectivity index (χ1) is 9.11. The van der Waals surface area contributed by atoms with Gasteiger partial charge in [0.1, 0.15) is 0 Å². The van der Waals surface area contributed by atoms with Gasteiger partial charge in [-0.15, -0.1) is 22.7 Å². The highest BCUT2D eigenvalue weighted by Crippen LogP contribution is 2.31. The first-order valence-electron chi connectivity index (χ1n) is 6.18. The molecule has 0 aromatic carbocycles. The van der Waals surface area contributed by atoms with Crippen LogP contribution in [0.5, 0.6) is 0 Å². The second-order valence-corrected chi connectivity index (χ2v) is 6.42. The van der Waals surface area contributed by atoms with E-state index in [-0.39, 0.29) is 5.97 Å². The van der Waals surface area contributed by atoms with Crippen LogP contribution in [0.2, 0.25) is 0 Å². The van der Waals surface area contributed by atoms with Crippen molar-refractivity contribution in [1.82, 2.24) is 9.97 Å². The van der Waals surface area contributed by atoms with E-state index in [0.717, 1.165) is 21.3 Å². The molecular formula is C13H16N2O2S2. The number of rotatable bonds is 5. The van der Waals surface area contributed by atoms with Crippen LogP contribution >= 0.6 is 22.7 Å². The Bertz CT molecular complexity index is 547. The molecule has 0 saturated carbocycles. The van der Waals surface area contributed by atoms with Crippen molar-refractivity contribution in [2.45, 2.75) is 27.2 Å². The molecule has 0 saturated heterocycles. The van der Waals surface area contributed by atoms with Crippen LogP contribution in [0, 0.1) is 5.92 Å². The minimum absolute atomic E-state index is 0.336. The lowest BCUT2D eigenvalue weighted by Gasteiger charge is -2.04. The van der Waals surface area contributed by atoms with E-state index in [0.29, 0.717) is 18.2 Å².